The number of aromatic nitrogens is 3. The molecule has 8 nitrogen and oxygen atoms in total. The first kappa shape index (κ1) is 32.9. The Hall–Kier alpha value is -3.26. The molecule has 0 saturated carbocycles. The van der Waals surface area contributed by atoms with Gasteiger partial charge >= 0.3 is 0 Å². The van der Waals surface area contributed by atoms with Crippen LogP contribution in [0, 0.1) is 5.92 Å². The molecule has 34 heavy (non-hydrogen) atoms. The van der Waals surface area contributed by atoms with Gasteiger partial charge in [-0.1, -0.05) is 51.2 Å². The number of nitrogens with one attached hydrogen (secondary N) is 3. The molecule has 1 amide bonds. The van der Waals surface area contributed by atoms with Gasteiger partial charge in [-0.2, -0.15) is 5.10 Å². The van der Waals surface area contributed by atoms with Gasteiger partial charge in [0.1, 0.15) is 12.2 Å². The lowest BCUT2D eigenvalue weighted by Gasteiger charge is -2.17. The molecule has 2 rings (SSSR count). The lowest BCUT2D eigenvalue weighted by Crippen LogP contribution is -2.21. The topological polar surface area (TPSA) is 115 Å². The molecule has 0 fully saturated rings. The molecule has 1 aromatic rings. The van der Waals surface area contributed by atoms with Crippen LogP contribution in [-0.4, -0.2) is 52.6 Å². The van der Waals surface area contributed by atoms with Crippen LogP contribution in [0.25, 0.3) is 0 Å². The highest BCUT2D eigenvalue weighted by Crippen LogP contribution is 2.16. The van der Waals surface area contributed by atoms with Crippen LogP contribution in [-0.2, 0) is 4.79 Å². The monoisotopic (exact) mass is 472 g/mol. The fourth-order valence-corrected chi connectivity index (χ4v) is 2.17. The first-order valence-electron chi connectivity index (χ1n) is 11.5. The number of amides is 1. The standard InChI is InChI=1S/C12H18N2.C7H10N4O.C4H8.C3H8O/c1-10(5-4-7-13-3)12-6-8-14-11(2)9-12;1-6(2-3-8-5-12)7-9-4-10-11-7;1-3-4-2;1-2-3-4/h4-11,14H,1-3H3;2-6H,1H3,(H,8,12)(H,9,10,11);3-4H,1-2H3;4H,2-3H2,1H3/b5-4-,13-7?;3-2+;4-3-;. The molecule has 1 aliphatic heterocycles. The number of aliphatic hydroxyl groups excluding tert-OH is 1. The maximum Gasteiger partial charge on any atom is 0.211 e. The summed E-state index contributed by atoms with van der Waals surface area (Å²) in [5.74, 6) is 1.35. The van der Waals surface area contributed by atoms with Crippen molar-refractivity contribution in [3.63, 3.8) is 0 Å². The number of rotatable bonds is 8. The molecule has 1 aromatic heterocycles. The first-order valence-corrected chi connectivity index (χ1v) is 11.5. The van der Waals surface area contributed by atoms with E-state index >= 15 is 0 Å². The summed E-state index contributed by atoms with van der Waals surface area (Å²) in [7, 11) is 1.78. The van der Waals surface area contributed by atoms with Crippen LogP contribution < -0.4 is 10.6 Å². The molecule has 0 aromatic carbocycles. The molecule has 0 radical (unpaired) electrons. The Morgan fingerprint density at radius 1 is 1.24 bits per heavy atom. The molecular formula is C26H44N6O2. The van der Waals surface area contributed by atoms with Gasteiger partial charge in [-0.15, -0.1) is 0 Å². The molecule has 8 heteroatoms. The van der Waals surface area contributed by atoms with Crippen LogP contribution in [0.2, 0.25) is 0 Å². The van der Waals surface area contributed by atoms with Crippen molar-refractivity contribution < 1.29 is 9.90 Å². The van der Waals surface area contributed by atoms with E-state index in [-0.39, 0.29) is 5.92 Å². The summed E-state index contributed by atoms with van der Waals surface area (Å²) in [5.41, 5.74) is 1.36. The lowest BCUT2D eigenvalue weighted by molar-refractivity contribution is -0.108. The number of aromatic amines is 1. The summed E-state index contributed by atoms with van der Waals surface area (Å²) in [4.78, 5) is 17.7. The van der Waals surface area contributed by atoms with Crippen LogP contribution in [0.15, 0.2) is 71.8 Å². The Morgan fingerprint density at radius 2 is 1.91 bits per heavy atom. The summed E-state index contributed by atoms with van der Waals surface area (Å²) in [6, 6.07) is 0.436. The Bertz CT molecular complexity index is 758. The van der Waals surface area contributed by atoms with Crippen LogP contribution in [0.5, 0.6) is 0 Å². The highest BCUT2D eigenvalue weighted by molar-refractivity contribution is 5.70. The SMILES string of the molecule is C/C=C\C.CC(/C=C/NC=O)c1ncn[nH]1.CCCO.CN=C/C=C\C(C)C1=CC(C)NC=C1. The maximum absolute atomic E-state index is 9.87. The third-order valence-electron chi connectivity index (χ3n) is 4.21. The van der Waals surface area contributed by atoms with Crippen LogP contribution in [0.1, 0.15) is 59.7 Å². The molecule has 0 spiro atoms. The number of carbonyl (C=O) groups is 1. The van der Waals surface area contributed by atoms with E-state index in [4.69, 9.17) is 5.11 Å². The molecule has 1 aliphatic rings. The van der Waals surface area contributed by atoms with Crippen molar-refractivity contribution in [3.05, 3.63) is 72.7 Å². The first-order chi connectivity index (χ1) is 16.4. The third kappa shape index (κ3) is 19.4. The van der Waals surface area contributed by atoms with Crippen molar-refractivity contribution in [2.24, 2.45) is 10.9 Å². The Morgan fingerprint density at radius 3 is 2.38 bits per heavy atom. The van der Waals surface area contributed by atoms with Crippen LogP contribution in [0.3, 0.4) is 0 Å². The van der Waals surface area contributed by atoms with Gasteiger partial charge in [0.15, 0.2) is 0 Å². The molecule has 3 atom stereocenters. The van der Waals surface area contributed by atoms with Gasteiger partial charge in [0.2, 0.25) is 6.41 Å². The average molecular weight is 473 g/mol. The molecule has 190 valence electrons. The second-order valence-electron chi connectivity index (χ2n) is 7.23. The van der Waals surface area contributed by atoms with E-state index in [1.165, 1.54) is 11.9 Å². The Balaban J connectivity index is 0. The normalized spacial score (nSPS) is 16.5. The second-order valence-corrected chi connectivity index (χ2v) is 7.23. The number of carbonyl (C=O) groups excluding carboxylic acids is 1. The van der Waals surface area contributed by atoms with Gasteiger partial charge in [0.05, 0.1) is 0 Å². The van der Waals surface area contributed by atoms with E-state index < -0.39 is 0 Å². The van der Waals surface area contributed by atoms with Gasteiger partial charge in [0.25, 0.3) is 0 Å². The van der Waals surface area contributed by atoms with E-state index in [0.717, 1.165) is 12.2 Å². The zero-order valence-electron chi connectivity index (χ0n) is 21.8. The van der Waals surface area contributed by atoms with Crippen LogP contribution in [0.4, 0.5) is 0 Å². The highest BCUT2D eigenvalue weighted by atomic mass is 16.2. The van der Waals surface area contributed by atoms with Crippen molar-refractivity contribution in [2.75, 3.05) is 13.7 Å². The summed E-state index contributed by atoms with van der Waals surface area (Å²) in [5, 5.41) is 20.0. The minimum absolute atomic E-state index is 0.125. The molecule has 0 aliphatic carbocycles. The van der Waals surface area contributed by atoms with Crippen molar-refractivity contribution in [2.45, 2.75) is 59.9 Å². The third-order valence-corrected chi connectivity index (χ3v) is 4.21. The molecule has 3 unspecified atom stereocenters. The number of hydrogen-bond acceptors (Lipinski definition) is 6. The molecule has 0 saturated heterocycles. The van der Waals surface area contributed by atoms with E-state index in [1.807, 2.05) is 64.4 Å². The second kappa shape index (κ2) is 24.4. The van der Waals surface area contributed by atoms with Crippen molar-refractivity contribution in [1.82, 2.24) is 25.8 Å². The lowest BCUT2D eigenvalue weighted by atomic mass is 9.97. The molecular weight excluding hydrogens is 428 g/mol. The van der Waals surface area contributed by atoms with Gasteiger partial charge in [-0.05, 0) is 57.0 Å². The van der Waals surface area contributed by atoms with E-state index in [1.54, 1.807) is 13.2 Å². The molecule has 4 N–H and O–H groups in total. The number of allylic oxidation sites excluding steroid dienone is 7. The number of dihydropyridines is 1. The van der Waals surface area contributed by atoms with Crippen LogP contribution >= 0.6 is 0 Å². The minimum Gasteiger partial charge on any atom is -0.396 e. The quantitative estimate of drug-likeness (QED) is 0.253. The van der Waals surface area contributed by atoms with Crippen molar-refractivity contribution in [1.29, 1.82) is 0 Å². The summed E-state index contributed by atoms with van der Waals surface area (Å²) in [6.45, 7) is 12.5. The predicted octanol–water partition coefficient (Wildman–Crippen LogP) is 4.45. The summed E-state index contributed by atoms with van der Waals surface area (Å²) >= 11 is 0. The van der Waals surface area contributed by atoms with Crippen molar-refractivity contribution in [3.8, 4) is 0 Å². The number of aliphatic hydroxyl groups is 1. The number of hydrogen-bond donors (Lipinski definition) is 4. The average Bonchev–Trinajstić information content (AvgIpc) is 3.40. The van der Waals surface area contributed by atoms with Gasteiger partial charge < -0.3 is 15.7 Å². The summed E-state index contributed by atoms with van der Waals surface area (Å²) in [6.07, 6.45) is 22.7. The number of aliphatic imine (C=N–C) groups is 1. The Kier molecular flexibility index (Phi) is 23.6. The summed E-state index contributed by atoms with van der Waals surface area (Å²) < 4.78 is 0. The van der Waals surface area contributed by atoms with E-state index in [9.17, 15) is 4.79 Å². The fourth-order valence-electron chi connectivity index (χ4n) is 2.17. The molecule has 0 bridgehead atoms. The van der Waals surface area contributed by atoms with Gasteiger partial charge in [-0.25, -0.2) is 4.98 Å². The highest BCUT2D eigenvalue weighted by Gasteiger charge is 2.07. The molecule has 2 heterocycles. The zero-order valence-corrected chi connectivity index (χ0v) is 21.8. The minimum atomic E-state index is 0.125. The van der Waals surface area contributed by atoms with E-state index in [0.29, 0.717) is 25.0 Å². The van der Waals surface area contributed by atoms with Gasteiger partial charge in [0, 0.05) is 38.0 Å². The zero-order chi connectivity index (χ0) is 26.0. The predicted molar refractivity (Wildman–Crippen MR) is 144 cm³/mol. The Labute approximate surface area is 205 Å². The maximum atomic E-state index is 9.87. The van der Waals surface area contributed by atoms with Gasteiger partial charge in [-0.3, -0.25) is 14.9 Å². The fraction of sp³-hybridized carbons (Fsp3) is 0.462. The van der Waals surface area contributed by atoms with Crippen molar-refractivity contribution >= 4 is 12.6 Å². The number of H-pyrrole nitrogens is 1. The van der Waals surface area contributed by atoms with E-state index in [2.05, 4.69) is 62.9 Å². The largest absolute Gasteiger partial charge is 0.396 e. The smallest absolute Gasteiger partial charge is 0.211 e. The number of nitrogens with zero attached hydrogens (tertiary/aromatic N) is 3.